The summed E-state index contributed by atoms with van der Waals surface area (Å²) in [6.45, 7) is 5.24. The maximum absolute atomic E-state index is 9.54. The molecule has 0 bridgehead atoms. The van der Waals surface area contributed by atoms with Gasteiger partial charge in [0.1, 0.15) is 0 Å². The lowest BCUT2D eigenvalue weighted by Crippen LogP contribution is -2.26. The summed E-state index contributed by atoms with van der Waals surface area (Å²) in [7, 11) is 0. The molecule has 1 aromatic carbocycles. The van der Waals surface area contributed by atoms with Crippen LogP contribution in [-0.4, -0.2) is 41.5 Å². The highest BCUT2D eigenvalue weighted by atomic mass is 32.2. The first-order valence-electron chi connectivity index (χ1n) is 6.34. The van der Waals surface area contributed by atoms with Crippen LogP contribution in [0.25, 0.3) is 0 Å². The van der Waals surface area contributed by atoms with Gasteiger partial charge in [0.25, 0.3) is 0 Å². The molecule has 17 heavy (non-hydrogen) atoms. The van der Waals surface area contributed by atoms with Crippen molar-refractivity contribution >= 4 is 11.8 Å². The van der Waals surface area contributed by atoms with E-state index < -0.39 is 0 Å². The Kier molecular flexibility index (Phi) is 4.89. The summed E-state index contributed by atoms with van der Waals surface area (Å²) in [5, 5.41) is 9.54. The van der Waals surface area contributed by atoms with Gasteiger partial charge in [0, 0.05) is 23.7 Å². The first kappa shape index (κ1) is 12.9. The van der Waals surface area contributed by atoms with Gasteiger partial charge in [-0.05, 0) is 37.9 Å². The molecule has 2 atom stereocenters. The maximum atomic E-state index is 9.54. The molecule has 0 aromatic heterocycles. The molecule has 2 nitrogen and oxygen atoms in total. The molecule has 1 heterocycles. The molecule has 2 rings (SSSR count). The van der Waals surface area contributed by atoms with E-state index in [-0.39, 0.29) is 6.10 Å². The quantitative estimate of drug-likeness (QED) is 0.813. The molecule has 0 aliphatic carbocycles. The number of rotatable bonds is 5. The average molecular weight is 251 g/mol. The van der Waals surface area contributed by atoms with Crippen molar-refractivity contribution in [2.75, 3.05) is 25.4 Å². The summed E-state index contributed by atoms with van der Waals surface area (Å²) < 4.78 is 0. The zero-order valence-corrected chi connectivity index (χ0v) is 11.2. The summed E-state index contributed by atoms with van der Waals surface area (Å²) in [6, 6.07) is 10.5. The Hall–Kier alpha value is -0.510. The molecule has 0 amide bonds. The molecule has 1 aromatic rings. The van der Waals surface area contributed by atoms with Crippen LogP contribution in [0, 0.1) is 5.92 Å². The molecule has 0 radical (unpaired) electrons. The number of benzene rings is 1. The van der Waals surface area contributed by atoms with Crippen LogP contribution in [0.4, 0.5) is 0 Å². The highest BCUT2D eigenvalue weighted by Crippen LogP contribution is 2.21. The highest BCUT2D eigenvalue weighted by molar-refractivity contribution is 7.99. The van der Waals surface area contributed by atoms with E-state index in [2.05, 4.69) is 35.2 Å². The molecule has 1 aliphatic rings. The fourth-order valence-corrected chi connectivity index (χ4v) is 3.20. The first-order valence-corrected chi connectivity index (χ1v) is 7.32. The number of likely N-dealkylation sites (tertiary alicyclic amines) is 1. The standard InChI is InChI=1S/C14H21NOS/c1-12(16)13-7-8-15(11-13)9-10-17-14-5-3-2-4-6-14/h2-6,12-13,16H,7-11H2,1H3. The van der Waals surface area contributed by atoms with Gasteiger partial charge >= 0.3 is 0 Å². The molecular formula is C14H21NOS. The van der Waals surface area contributed by atoms with E-state index in [1.54, 1.807) is 0 Å². The first-order chi connectivity index (χ1) is 8.25. The number of thioether (sulfide) groups is 1. The predicted octanol–water partition coefficient (Wildman–Crippen LogP) is 2.48. The number of hydrogen-bond donors (Lipinski definition) is 1. The normalized spacial score (nSPS) is 22.8. The molecule has 1 saturated heterocycles. The lowest BCUT2D eigenvalue weighted by Gasteiger charge is -2.16. The van der Waals surface area contributed by atoms with E-state index in [0.717, 1.165) is 31.8 Å². The molecule has 2 unspecified atom stereocenters. The molecule has 3 heteroatoms. The third kappa shape index (κ3) is 4.02. The second-order valence-electron chi connectivity index (χ2n) is 4.75. The van der Waals surface area contributed by atoms with Crippen LogP contribution in [0.1, 0.15) is 13.3 Å². The predicted molar refractivity (Wildman–Crippen MR) is 73.4 cm³/mol. The van der Waals surface area contributed by atoms with Crippen molar-refractivity contribution in [1.29, 1.82) is 0 Å². The van der Waals surface area contributed by atoms with Crippen LogP contribution < -0.4 is 0 Å². The largest absolute Gasteiger partial charge is 0.393 e. The third-order valence-electron chi connectivity index (χ3n) is 3.41. The van der Waals surface area contributed by atoms with Gasteiger partial charge in [-0.25, -0.2) is 0 Å². The lowest BCUT2D eigenvalue weighted by molar-refractivity contribution is 0.128. The smallest absolute Gasteiger partial charge is 0.0552 e. The zero-order valence-electron chi connectivity index (χ0n) is 10.4. The molecule has 94 valence electrons. The Bertz CT molecular complexity index is 328. The monoisotopic (exact) mass is 251 g/mol. The maximum Gasteiger partial charge on any atom is 0.0552 e. The summed E-state index contributed by atoms with van der Waals surface area (Å²) in [5.41, 5.74) is 0. The molecular weight excluding hydrogens is 230 g/mol. The Morgan fingerprint density at radius 1 is 1.41 bits per heavy atom. The van der Waals surface area contributed by atoms with E-state index >= 15 is 0 Å². The molecule has 0 spiro atoms. The Morgan fingerprint density at radius 2 is 2.18 bits per heavy atom. The van der Waals surface area contributed by atoms with Gasteiger partial charge in [-0.2, -0.15) is 0 Å². The minimum atomic E-state index is -0.151. The third-order valence-corrected chi connectivity index (χ3v) is 4.40. The van der Waals surface area contributed by atoms with E-state index in [1.807, 2.05) is 18.7 Å². The van der Waals surface area contributed by atoms with E-state index in [4.69, 9.17) is 0 Å². The summed E-state index contributed by atoms with van der Waals surface area (Å²) in [5.74, 6) is 1.62. The van der Waals surface area contributed by atoms with Crippen molar-refractivity contribution in [1.82, 2.24) is 4.90 Å². The van der Waals surface area contributed by atoms with Crippen LogP contribution in [0.15, 0.2) is 35.2 Å². The number of nitrogens with zero attached hydrogens (tertiary/aromatic N) is 1. The zero-order chi connectivity index (χ0) is 12.1. The van der Waals surface area contributed by atoms with Gasteiger partial charge in [0.05, 0.1) is 6.10 Å². The van der Waals surface area contributed by atoms with Crippen LogP contribution in [0.2, 0.25) is 0 Å². The topological polar surface area (TPSA) is 23.5 Å². The summed E-state index contributed by atoms with van der Waals surface area (Å²) in [4.78, 5) is 3.81. The van der Waals surface area contributed by atoms with E-state index in [0.29, 0.717) is 5.92 Å². The van der Waals surface area contributed by atoms with Gasteiger partial charge in [-0.15, -0.1) is 11.8 Å². The van der Waals surface area contributed by atoms with Gasteiger partial charge in [-0.3, -0.25) is 0 Å². The SMILES string of the molecule is CC(O)C1CCN(CCSc2ccccc2)C1. The fourth-order valence-electron chi connectivity index (χ4n) is 2.27. The lowest BCUT2D eigenvalue weighted by atomic mass is 10.0. The second-order valence-corrected chi connectivity index (χ2v) is 5.92. The van der Waals surface area contributed by atoms with Crippen molar-refractivity contribution in [3.05, 3.63) is 30.3 Å². The van der Waals surface area contributed by atoms with Gasteiger partial charge in [0.15, 0.2) is 0 Å². The van der Waals surface area contributed by atoms with Crippen molar-refractivity contribution in [2.24, 2.45) is 5.92 Å². The molecule has 1 aliphatic heterocycles. The van der Waals surface area contributed by atoms with Gasteiger partial charge in [-0.1, -0.05) is 18.2 Å². The minimum absolute atomic E-state index is 0.151. The van der Waals surface area contributed by atoms with Crippen molar-refractivity contribution in [3.8, 4) is 0 Å². The van der Waals surface area contributed by atoms with Crippen LogP contribution >= 0.6 is 11.8 Å². The molecule has 1 N–H and O–H groups in total. The number of aliphatic hydroxyl groups excluding tert-OH is 1. The number of hydrogen-bond acceptors (Lipinski definition) is 3. The Balaban J connectivity index is 1.67. The second kappa shape index (κ2) is 6.43. The van der Waals surface area contributed by atoms with Crippen LogP contribution in [-0.2, 0) is 0 Å². The Labute approximate surface area is 108 Å². The molecule has 1 fully saturated rings. The van der Waals surface area contributed by atoms with E-state index in [9.17, 15) is 5.11 Å². The highest BCUT2D eigenvalue weighted by Gasteiger charge is 2.25. The Morgan fingerprint density at radius 3 is 2.82 bits per heavy atom. The van der Waals surface area contributed by atoms with Crippen LogP contribution in [0.5, 0.6) is 0 Å². The van der Waals surface area contributed by atoms with Crippen LogP contribution in [0.3, 0.4) is 0 Å². The van der Waals surface area contributed by atoms with Crippen molar-refractivity contribution < 1.29 is 5.11 Å². The van der Waals surface area contributed by atoms with Crippen molar-refractivity contribution in [3.63, 3.8) is 0 Å². The number of aliphatic hydroxyl groups is 1. The van der Waals surface area contributed by atoms with Gasteiger partial charge < -0.3 is 10.0 Å². The average Bonchev–Trinajstić information content (AvgIpc) is 2.79. The van der Waals surface area contributed by atoms with Gasteiger partial charge in [0.2, 0.25) is 0 Å². The summed E-state index contributed by atoms with van der Waals surface area (Å²) >= 11 is 1.91. The minimum Gasteiger partial charge on any atom is -0.393 e. The fraction of sp³-hybridized carbons (Fsp3) is 0.571. The van der Waals surface area contributed by atoms with E-state index in [1.165, 1.54) is 4.90 Å². The molecule has 0 saturated carbocycles. The van der Waals surface area contributed by atoms with Crippen molar-refractivity contribution in [2.45, 2.75) is 24.3 Å². The summed E-state index contributed by atoms with van der Waals surface area (Å²) in [6.07, 6.45) is 0.995.